The van der Waals surface area contributed by atoms with Crippen LogP contribution in [0.15, 0.2) is 33.6 Å². The number of hydrogen-bond donors (Lipinski definition) is 0. The summed E-state index contributed by atoms with van der Waals surface area (Å²) >= 11 is 0. The zero-order valence-electron chi connectivity index (χ0n) is 9.84. The summed E-state index contributed by atoms with van der Waals surface area (Å²) in [6.45, 7) is 4.91. The summed E-state index contributed by atoms with van der Waals surface area (Å²) in [7, 11) is 0. The predicted octanol–water partition coefficient (Wildman–Crippen LogP) is 1.90. The Morgan fingerprint density at radius 2 is 1.94 bits per heavy atom. The maximum absolute atomic E-state index is 12.1. The van der Waals surface area contributed by atoms with Gasteiger partial charge in [0.1, 0.15) is 5.52 Å². The first kappa shape index (κ1) is 11.4. The lowest BCUT2D eigenvalue weighted by molar-refractivity contribution is 0.173. The van der Waals surface area contributed by atoms with E-state index in [1.54, 1.807) is 29.2 Å². The number of hydrogen-bond acceptors (Lipinski definition) is 3. The minimum atomic E-state index is -0.485. The molecule has 0 aliphatic rings. The molecule has 0 aliphatic heterocycles. The molecule has 0 spiro atoms. The second kappa shape index (κ2) is 4.45. The van der Waals surface area contributed by atoms with E-state index in [0.717, 1.165) is 4.74 Å². The molecule has 0 fully saturated rings. The summed E-state index contributed by atoms with van der Waals surface area (Å²) in [5.74, 6) is 0. The first-order chi connectivity index (χ1) is 8.19. The lowest BCUT2D eigenvalue weighted by atomic mass is 10.2. The van der Waals surface area contributed by atoms with E-state index in [2.05, 4.69) is 0 Å². The number of para-hydroxylation sites is 1. The lowest BCUT2D eigenvalue weighted by Crippen LogP contribution is -2.34. The summed E-state index contributed by atoms with van der Waals surface area (Å²) in [5, 5.41) is 0.424. The van der Waals surface area contributed by atoms with Gasteiger partial charge in [-0.25, -0.2) is 9.59 Å². The number of aromatic nitrogens is 1. The molecule has 17 heavy (non-hydrogen) atoms. The Bertz CT molecular complexity index is 593. The van der Waals surface area contributed by atoms with Gasteiger partial charge in [-0.1, -0.05) is 12.1 Å². The van der Waals surface area contributed by atoms with Crippen LogP contribution < -0.4 is 5.63 Å². The highest BCUT2D eigenvalue weighted by Crippen LogP contribution is 2.11. The molecule has 0 unspecified atom stereocenters. The third kappa shape index (κ3) is 1.84. The van der Waals surface area contributed by atoms with Gasteiger partial charge in [0, 0.05) is 13.1 Å². The van der Waals surface area contributed by atoms with E-state index in [1.165, 1.54) is 0 Å². The van der Waals surface area contributed by atoms with Crippen LogP contribution in [0.2, 0.25) is 0 Å². The van der Waals surface area contributed by atoms with Crippen molar-refractivity contribution in [1.29, 1.82) is 0 Å². The zero-order valence-corrected chi connectivity index (χ0v) is 9.84. The van der Waals surface area contributed by atoms with E-state index < -0.39 is 5.63 Å². The van der Waals surface area contributed by atoms with E-state index >= 15 is 0 Å². The van der Waals surface area contributed by atoms with Crippen LogP contribution in [0.3, 0.4) is 0 Å². The second-order valence-electron chi connectivity index (χ2n) is 3.65. The molecule has 0 aliphatic carbocycles. The topological polar surface area (TPSA) is 55.5 Å². The molecule has 1 heterocycles. The number of carbonyl (C=O) groups excluding carboxylic acids is 1. The molecule has 1 amide bonds. The van der Waals surface area contributed by atoms with E-state index in [9.17, 15) is 9.59 Å². The zero-order chi connectivity index (χ0) is 12.4. The summed E-state index contributed by atoms with van der Waals surface area (Å²) in [6.07, 6.45) is 0. The van der Waals surface area contributed by atoms with Crippen LogP contribution in [0, 0.1) is 0 Å². The fourth-order valence-electron chi connectivity index (χ4n) is 1.77. The van der Waals surface area contributed by atoms with Crippen LogP contribution in [0.5, 0.6) is 0 Å². The van der Waals surface area contributed by atoms with Gasteiger partial charge in [-0.15, -0.1) is 4.74 Å². The Morgan fingerprint density at radius 3 is 2.59 bits per heavy atom. The van der Waals surface area contributed by atoms with Gasteiger partial charge in [0.15, 0.2) is 0 Å². The van der Waals surface area contributed by atoms with Gasteiger partial charge in [-0.05, 0) is 26.0 Å². The average Bonchev–Trinajstić information content (AvgIpc) is 2.69. The third-order valence-corrected chi connectivity index (χ3v) is 2.72. The van der Waals surface area contributed by atoms with Gasteiger partial charge in [0.25, 0.3) is 0 Å². The summed E-state index contributed by atoms with van der Waals surface area (Å²) in [5.41, 5.74) is 0.0236. The van der Waals surface area contributed by atoms with Gasteiger partial charge in [-0.2, -0.15) is 0 Å². The quantitative estimate of drug-likeness (QED) is 0.797. The molecule has 0 radical (unpaired) electrons. The lowest BCUT2D eigenvalue weighted by Gasteiger charge is -2.17. The fraction of sp³-hybridized carbons (Fsp3) is 0.333. The number of benzene rings is 1. The highest BCUT2D eigenvalue weighted by atomic mass is 16.5. The van der Waals surface area contributed by atoms with Crippen molar-refractivity contribution in [3.8, 4) is 0 Å². The van der Waals surface area contributed by atoms with Crippen LogP contribution in [-0.4, -0.2) is 28.8 Å². The Labute approximate surface area is 98.2 Å². The smallest absolute Gasteiger partial charge is 0.326 e. The highest BCUT2D eigenvalue weighted by Gasteiger charge is 2.18. The van der Waals surface area contributed by atoms with Crippen molar-refractivity contribution in [3.63, 3.8) is 0 Å². The normalized spacial score (nSPS) is 10.7. The van der Waals surface area contributed by atoms with Crippen molar-refractivity contribution in [2.24, 2.45) is 0 Å². The van der Waals surface area contributed by atoms with Crippen LogP contribution in [-0.2, 0) is 0 Å². The van der Waals surface area contributed by atoms with Crippen molar-refractivity contribution < 1.29 is 9.32 Å². The molecule has 2 aromatic rings. The summed E-state index contributed by atoms with van der Waals surface area (Å²) in [6, 6.07) is 6.54. The molecular weight excluding hydrogens is 220 g/mol. The second-order valence-corrected chi connectivity index (χ2v) is 3.65. The Hall–Kier alpha value is -2.04. The van der Waals surface area contributed by atoms with Gasteiger partial charge >= 0.3 is 11.7 Å². The van der Waals surface area contributed by atoms with Crippen molar-refractivity contribution in [3.05, 3.63) is 34.7 Å². The Kier molecular flexibility index (Phi) is 2.99. The largest absolute Gasteiger partial charge is 0.366 e. The number of rotatable bonds is 2. The number of nitrogens with zero attached hydrogens (tertiary/aromatic N) is 2. The molecule has 2 rings (SSSR count). The Morgan fingerprint density at radius 1 is 1.29 bits per heavy atom. The van der Waals surface area contributed by atoms with E-state index in [0.29, 0.717) is 24.0 Å². The van der Waals surface area contributed by atoms with E-state index in [-0.39, 0.29) is 6.03 Å². The standard InChI is InChI=1S/C12H14N2O3/c1-3-13(4-2)12(16)14-10-8-6-5-7-9(10)11(15)17-14/h5-8H,3-4H2,1-2H3. The van der Waals surface area contributed by atoms with Crippen LogP contribution >= 0.6 is 0 Å². The predicted molar refractivity (Wildman–Crippen MR) is 64.2 cm³/mol. The number of carbonyl (C=O) groups is 1. The highest BCUT2D eigenvalue weighted by molar-refractivity contribution is 5.88. The summed E-state index contributed by atoms with van der Waals surface area (Å²) < 4.78 is 6.04. The van der Waals surface area contributed by atoms with Gasteiger partial charge in [0.05, 0.1) is 5.39 Å². The van der Waals surface area contributed by atoms with Gasteiger partial charge in [-0.3, -0.25) is 0 Å². The molecule has 0 saturated heterocycles. The molecule has 0 bridgehead atoms. The van der Waals surface area contributed by atoms with Gasteiger partial charge in [0.2, 0.25) is 0 Å². The molecular formula is C12H14N2O3. The van der Waals surface area contributed by atoms with Crippen molar-refractivity contribution in [2.45, 2.75) is 13.8 Å². The first-order valence-electron chi connectivity index (χ1n) is 5.59. The van der Waals surface area contributed by atoms with E-state index in [4.69, 9.17) is 4.52 Å². The minimum absolute atomic E-state index is 0.312. The molecule has 90 valence electrons. The molecule has 0 atom stereocenters. The van der Waals surface area contributed by atoms with Crippen molar-refractivity contribution in [1.82, 2.24) is 9.64 Å². The number of amides is 1. The molecule has 5 heteroatoms. The van der Waals surface area contributed by atoms with E-state index in [1.807, 2.05) is 13.8 Å². The SMILES string of the molecule is CCN(CC)C(=O)n1oc(=O)c2ccccc21. The van der Waals surface area contributed by atoms with Crippen molar-refractivity contribution >= 4 is 16.9 Å². The first-order valence-corrected chi connectivity index (χ1v) is 5.59. The van der Waals surface area contributed by atoms with Crippen LogP contribution in [0.1, 0.15) is 13.8 Å². The van der Waals surface area contributed by atoms with Gasteiger partial charge < -0.3 is 9.42 Å². The molecule has 0 N–H and O–H groups in total. The number of fused-ring (bicyclic) bond motifs is 1. The fourth-order valence-corrected chi connectivity index (χ4v) is 1.77. The maximum atomic E-state index is 12.1. The molecule has 1 aromatic heterocycles. The Balaban J connectivity index is 2.56. The summed E-state index contributed by atoms with van der Waals surface area (Å²) in [4.78, 5) is 25.2. The van der Waals surface area contributed by atoms with Crippen LogP contribution in [0.25, 0.3) is 10.9 Å². The third-order valence-electron chi connectivity index (χ3n) is 2.72. The minimum Gasteiger partial charge on any atom is -0.326 e. The van der Waals surface area contributed by atoms with Crippen LogP contribution in [0.4, 0.5) is 4.79 Å². The maximum Gasteiger partial charge on any atom is 0.366 e. The molecule has 0 saturated carbocycles. The molecule has 5 nitrogen and oxygen atoms in total. The monoisotopic (exact) mass is 234 g/mol. The average molecular weight is 234 g/mol. The van der Waals surface area contributed by atoms with Crippen molar-refractivity contribution in [2.75, 3.05) is 13.1 Å². The molecule has 1 aromatic carbocycles.